The normalized spacial score (nSPS) is 15.2. The molecule has 2 aliphatic heterocycles. The minimum absolute atomic E-state index is 0.0162. The van der Waals surface area contributed by atoms with Crippen molar-refractivity contribution in [3.8, 4) is 11.4 Å². The Kier molecular flexibility index (Phi) is 7.45. The Morgan fingerprint density at radius 1 is 0.431 bits per heavy atom. The lowest BCUT2D eigenvalue weighted by molar-refractivity contribution is 0.590. The topological polar surface area (TPSA) is 9.86 Å². The zero-order chi connectivity index (χ0) is 41.2. The van der Waals surface area contributed by atoms with Crippen LogP contribution in [0.1, 0.15) is 130 Å². The molecule has 3 heteroatoms. The molecule has 0 spiro atoms. The van der Waals surface area contributed by atoms with Crippen molar-refractivity contribution in [3.05, 3.63) is 137 Å². The third-order valence-corrected chi connectivity index (χ3v) is 14.0. The van der Waals surface area contributed by atoms with Gasteiger partial charge in [0.1, 0.15) is 0 Å². The maximum absolute atomic E-state index is 2.62. The van der Waals surface area contributed by atoms with Crippen LogP contribution in [0.3, 0.4) is 0 Å². The summed E-state index contributed by atoms with van der Waals surface area (Å²) in [4.78, 5) is 0. The molecule has 292 valence electrons. The smallest absolute Gasteiger partial charge is 0.247 e. The summed E-state index contributed by atoms with van der Waals surface area (Å²) in [5, 5.41) is 5.39. The van der Waals surface area contributed by atoms with Gasteiger partial charge in [-0.05, 0) is 127 Å². The van der Waals surface area contributed by atoms with Crippen molar-refractivity contribution in [3.63, 3.8) is 0 Å². The highest BCUT2D eigenvalue weighted by Gasteiger charge is 2.46. The maximum Gasteiger partial charge on any atom is 0.247 e. The highest BCUT2D eigenvalue weighted by atomic mass is 15.0. The first kappa shape index (κ1) is 37.3. The monoisotopic (exact) mass is 758 g/mol. The number of benzene rings is 6. The highest BCUT2D eigenvalue weighted by molar-refractivity contribution is 6.99. The zero-order valence-electron chi connectivity index (χ0n) is 37.3. The van der Waals surface area contributed by atoms with Gasteiger partial charge in [-0.15, -0.1) is 0 Å². The molecular weight excluding hydrogens is 699 g/mol. The molecule has 2 nitrogen and oxygen atoms in total. The molecule has 0 saturated heterocycles. The lowest BCUT2D eigenvalue weighted by Gasteiger charge is -2.42. The van der Waals surface area contributed by atoms with Crippen molar-refractivity contribution in [2.24, 2.45) is 0 Å². The fourth-order valence-corrected chi connectivity index (χ4v) is 10.5. The van der Waals surface area contributed by atoms with E-state index in [1.165, 1.54) is 105 Å². The standard InChI is InChI=1S/C55H59BN2/c1-51(2,3)32-18-22-36(23-19-32)57-45-24-20-33(52(4,5)6)26-37(45)39-30-42-43(31-48(39)57)56-44-29-35(54(10,11)12)28-40-38-27-34(53(7,8)9)21-25-46(38)58(50(40)44)47-17-15-16-41(49(47)56)55(42,13)14/h15-31H,1-14H3. The summed E-state index contributed by atoms with van der Waals surface area (Å²) in [6, 6.07) is 41.3. The van der Waals surface area contributed by atoms with Gasteiger partial charge in [0.25, 0.3) is 0 Å². The first-order valence-corrected chi connectivity index (χ1v) is 21.6. The fraction of sp³-hybridized carbons (Fsp3) is 0.345. The molecule has 4 heterocycles. The average Bonchev–Trinajstić information content (AvgIpc) is 3.65. The number of aromatic nitrogens is 2. The average molecular weight is 759 g/mol. The van der Waals surface area contributed by atoms with E-state index >= 15 is 0 Å². The summed E-state index contributed by atoms with van der Waals surface area (Å²) < 4.78 is 5.17. The molecule has 0 fully saturated rings. The van der Waals surface area contributed by atoms with E-state index in [2.05, 4.69) is 209 Å². The van der Waals surface area contributed by atoms with Crippen LogP contribution in [-0.2, 0) is 27.1 Å². The molecule has 0 aliphatic carbocycles. The quantitative estimate of drug-likeness (QED) is 0.148. The Bertz CT molecular complexity index is 3040. The molecule has 8 aromatic rings. The van der Waals surface area contributed by atoms with Crippen LogP contribution in [0.5, 0.6) is 0 Å². The Labute approximate surface area is 346 Å². The van der Waals surface area contributed by atoms with Gasteiger partial charge in [-0.25, -0.2) is 0 Å². The second-order valence-electron chi connectivity index (χ2n) is 22.4. The third kappa shape index (κ3) is 5.17. The van der Waals surface area contributed by atoms with E-state index in [0.717, 1.165) is 0 Å². The van der Waals surface area contributed by atoms with Crippen molar-refractivity contribution >= 4 is 66.7 Å². The van der Waals surface area contributed by atoms with Gasteiger partial charge in [0.05, 0.1) is 16.6 Å². The van der Waals surface area contributed by atoms with Gasteiger partial charge >= 0.3 is 0 Å². The number of rotatable bonds is 1. The van der Waals surface area contributed by atoms with Crippen LogP contribution in [0.2, 0.25) is 0 Å². The van der Waals surface area contributed by atoms with Gasteiger partial charge < -0.3 is 9.13 Å². The summed E-state index contributed by atoms with van der Waals surface area (Å²) in [6.45, 7) is 33.0. The summed E-state index contributed by atoms with van der Waals surface area (Å²) in [5.41, 5.74) is 20.4. The van der Waals surface area contributed by atoms with E-state index < -0.39 is 0 Å². The Hall–Kier alpha value is -5.02. The molecule has 0 atom stereocenters. The van der Waals surface area contributed by atoms with E-state index in [4.69, 9.17) is 0 Å². The third-order valence-electron chi connectivity index (χ3n) is 14.0. The molecule has 0 unspecified atom stereocenters. The lowest BCUT2D eigenvalue weighted by atomic mass is 9.30. The van der Waals surface area contributed by atoms with Crippen LogP contribution in [0.15, 0.2) is 103 Å². The van der Waals surface area contributed by atoms with Gasteiger partial charge in [-0.1, -0.05) is 145 Å². The summed E-state index contributed by atoms with van der Waals surface area (Å²) in [5.74, 6) is 0. The van der Waals surface area contributed by atoms with E-state index in [0.29, 0.717) is 0 Å². The Balaban J connectivity index is 1.35. The van der Waals surface area contributed by atoms with Crippen molar-refractivity contribution in [1.82, 2.24) is 9.13 Å². The van der Waals surface area contributed by atoms with E-state index in [-0.39, 0.29) is 33.8 Å². The minimum Gasteiger partial charge on any atom is -0.310 e. The molecule has 2 aromatic heterocycles. The molecule has 0 saturated carbocycles. The molecule has 2 aliphatic rings. The van der Waals surface area contributed by atoms with Gasteiger partial charge in [0, 0.05) is 43.9 Å². The zero-order valence-corrected chi connectivity index (χ0v) is 37.3. The Morgan fingerprint density at radius 3 is 1.53 bits per heavy atom. The van der Waals surface area contributed by atoms with E-state index in [9.17, 15) is 0 Å². The van der Waals surface area contributed by atoms with Gasteiger partial charge in [-0.2, -0.15) is 0 Å². The van der Waals surface area contributed by atoms with Crippen LogP contribution in [-0.4, -0.2) is 15.8 Å². The number of hydrogen-bond acceptors (Lipinski definition) is 0. The largest absolute Gasteiger partial charge is 0.310 e. The first-order chi connectivity index (χ1) is 27.0. The van der Waals surface area contributed by atoms with Crippen LogP contribution in [0, 0.1) is 0 Å². The van der Waals surface area contributed by atoms with Crippen molar-refractivity contribution in [2.45, 2.75) is 124 Å². The van der Waals surface area contributed by atoms with E-state index in [1.54, 1.807) is 0 Å². The molecule has 10 rings (SSSR count). The van der Waals surface area contributed by atoms with E-state index in [1.807, 2.05) is 0 Å². The lowest BCUT2D eigenvalue weighted by Crippen LogP contribution is -2.63. The number of nitrogens with zero attached hydrogens (tertiary/aromatic N) is 2. The molecule has 0 N–H and O–H groups in total. The fourth-order valence-electron chi connectivity index (χ4n) is 10.5. The first-order valence-electron chi connectivity index (χ1n) is 21.6. The summed E-state index contributed by atoms with van der Waals surface area (Å²) in [7, 11) is 0. The van der Waals surface area contributed by atoms with Crippen LogP contribution < -0.4 is 16.4 Å². The SMILES string of the molecule is CC(C)(C)c1ccc(-n2c3ccc(C(C)(C)C)cc3c3cc4c(cc32)B2c3c(cccc3C4(C)C)-n3c4ccc(C(C)(C)C)cc4c4cc(C(C)(C)C)cc2c43)cc1. The van der Waals surface area contributed by atoms with Crippen LogP contribution in [0.4, 0.5) is 0 Å². The second-order valence-corrected chi connectivity index (χ2v) is 22.4. The molecule has 58 heavy (non-hydrogen) atoms. The summed E-state index contributed by atoms with van der Waals surface area (Å²) >= 11 is 0. The van der Waals surface area contributed by atoms with Gasteiger partial charge in [0.2, 0.25) is 6.71 Å². The molecule has 0 radical (unpaired) electrons. The molecule has 6 aromatic carbocycles. The predicted octanol–water partition coefficient (Wildman–Crippen LogP) is 12.5. The van der Waals surface area contributed by atoms with Crippen LogP contribution in [0.25, 0.3) is 55.0 Å². The van der Waals surface area contributed by atoms with Crippen LogP contribution >= 0.6 is 0 Å². The number of hydrogen-bond donors (Lipinski definition) is 0. The van der Waals surface area contributed by atoms with Gasteiger partial charge in [-0.3, -0.25) is 0 Å². The highest BCUT2D eigenvalue weighted by Crippen LogP contribution is 2.44. The van der Waals surface area contributed by atoms with Crippen molar-refractivity contribution in [1.29, 1.82) is 0 Å². The predicted molar refractivity (Wildman–Crippen MR) is 253 cm³/mol. The maximum atomic E-state index is 2.62. The molecular formula is C55H59BN2. The van der Waals surface area contributed by atoms with Crippen molar-refractivity contribution in [2.75, 3.05) is 0 Å². The van der Waals surface area contributed by atoms with Crippen molar-refractivity contribution < 1.29 is 0 Å². The van der Waals surface area contributed by atoms with Gasteiger partial charge in [0.15, 0.2) is 0 Å². The summed E-state index contributed by atoms with van der Waals surface area (Å²) in [6.07, 6.45) is 0. The molecule has 0 amide bonds. The number of fused-ring (bicyclic) bond motifs is 10. The Morgan fingerprint density at radius 2 is 0.948 bits per heavy atom. The second kappa shape index (κ2) is 11.6. The molecule has 0 bridgehead atoms. The minimum atomic E-state index is -0.212.